The maximum absolute atomic E-state index is 10.8. The van der Waals surface area contributed by atoms with E-state index in [1.165, 1.54) is 0 Å². The average molecular weight is 159 g/mol. The van der Waals surface area contributed by atoms with Crippen LogP contribution in [0, 0.1) is 5.41 Å². The molecule has 0 heterocycles. The van der Waals surface area contributed by atoms with Crippen molar-refractivity contribution in [3.63, 3.8) is 0 Å². The van der Waals surface area contributed by atoms with Crippen LogP contribution in [-0.2, 0) is 4.79 Å². The highest BCUT2D eigenvalue weighted by Gasteiger charge is 2.46. The van der Waals surface area contributed by atoms with Gasteiger partial charge in [0.2, 0.25) is 5.91 Å². The number of carbonyl (C=O) groups is 1. The average Bonchev–Trinajstić information content (AvgIpc) is 2.40. The maximum atomic E-state index is 10.8. The first-order valence-electron chi connectivity index (χ1n) is 3.46. The van der Waals surface area contributed by atoms with Gasteiger partial charge in [0, 0.05) is 6.04 Å². The summed E-state index contributed by atoms with van der Waals surface area (Å²) in [6, 6.07) is 0.396. The second kappa shape index (κ2) is 2.46. The fourth-order valence-electron chi connectivity index (χ4n) is 0.954. The number of hydrogen-bond acceptors (Lipinski definition) is 2. The van der Waals surface area contributed by atoms with E-state index >= 15 is 0 Å². The van der Waals surface area contributed by atoms with Crippen LogP contribution in [0.25, 0.3) is 0 Å². The molecular formula is C7H13NOS. The highest BCUT2D eigenvalue weighted by Crippen LogP contribution is 2.44. The Hall–Kier alpha value is -0.180. The molecule has 0 aliphatic heterocycles. The second-order valence-electron chi connectivity index (χ2n) is 3.47. The van der Waals surface area contributed by atoms with E-state index in [-0.39, 0.29) is 5.91 Å². The van der Waals surface area contributed by atoms with Crippen LogP contribution >= 0.6 is 12.6 Å². The molecule has 58 valence electrons. The Labute approximate surface area is 66.8 Å². The molecule has 1 aliphatic carbocycles. The molecule has 0 aromatic rings. The summed E-state index contributed by atoms with van der Waals surface area (Å²) in [5.74, 6) is 0.339. The van der Waals surface area contributed by atoms with Crippen molar-refractivity contribution >= 4 is 18.5 Å². The van der Waals surface area contributed by atoms with Crippen molar-refractivity contribution in [2.45, 2.75) is 26.3 Å². The highest BCUT2D eigenvalue weighted by molar-refractivity contribution is 7.81. The molecule has 1 saturated carbocycles. The van der Waals surface area contributed by atoms with Gasteiger partial charge in [-0.2, -0.15) is 12.6 Å². The molecule has 1 atom stereocenters. The predicted octanol–water partition coefficient (Wildman–Crippen LogP) is 0.831. The zero-order chi connectivity index (χ0) is 7.78. The molecule has 0 radical (unpaired) electrons. The minimum absolute atomic E-state index is 0.0407. The molecule has 1 N–H and O–H groups in total. The van der Waals surface area contributed by atoms with E-state index in [1.54, 1.807) is 0 Å². The molecule has 1 amide bonds. The summed E-state index contributed by atoms with van der Waals surface area (Å²) >= 11 is 3.86. The first-order valence-corrected chi connectivity index (χ1v) is 4.10. The lowest BCUT2D eigenvalue weighted by molar-refractivity contribution is -0.118. The maximum Gasteiger partial charge on any atom is 0.229 e. The first-order chi connectivity index (χ1) is 4.56. The number of thiol groups is 1. The van der Waals surface area contributed by atoms with Crippen molar-refractivity contribution in [2.75, 3.05) is 5.75 Å². The standard InChI is InChI=1S/C7H13NOS/c1-7(2)3-5(7)8-6(9)4-10/h5,10H,3-4H2,1-2H3,(H,8,9). The summed E-state index contributed by atoms with van der Waals surface area (Å²) in [5.41, 5.74) is 0.332. The largest absolute Gasteiger partial charge is 0.352 e. The third-order valence-corrected chi connectivity index (χ3v) is 2.28. The Bertz CT molecular complexity index is 156. The van der Waals surface area contributed by atoms with Crippen molar-refractivity contribution in [3.8, 4) is 0 Å². The third kappa shape index (κ3) is 1.66. The van der Waals surface area contributed by atoms with E-state index in [0.717, 1.165) is 6.42 Å². The highest BCUT2D eigenvalue weighted by atomic mass is 32.1. The van der Waals surface area contributed by atoms with Crippen molar-refractivity contribution in [1.29, 1.82) is 0 Å². The van der Waals surface area contributed by atoms with Crippen LogP contribution in [0.3, 0.4) is 0 Å². The van der Waals surface area contributed by atoms with Crippen LogP contribution in [0.1, 0.15) is 20.3 Å². The van der Waals surface area contributed by atoms with Gasteiger partial charge in [0.1, 0.15) is 0 Å². The molecule has 0 bridgehead atoms. The molecule has 1 unspecified atom stereocenters. The van der Waals surface area contributed by atoms with Gasteiger partial charge in [-0.15, -0.1) is 0 Å². The fraction of sp³-hybridized carbons (Fsp3) is 0.857. The van der Waals surface area contributed by atoms with E-state index in [2.05, 4.69) is 31.8 Å². The molecule has 3 heteroatoms. The van der Waals surface area contributed by atoms with E-state index in [4.69, 9.17) is 0 Å². The number of carbonyl (C=O) groups excluding carboxylic acids is 1. The summed E-state index contributed by atoms with van der Waals surface area (Å²) in [7, 11) is 0. The van der Waals surface area contributed by atoms with Gasteiger partial charge in [-0.25, -0.2) is 0 Å². The second-order valence-corrected chi connectivity index (χ2v) is 3.79. The van der Waals surface area contributed by atoms with Crippen LogP contribution in [0.4, 0.5) is 0 Å². The van der Waals surface area contributed by atoms with Crippen LogP contribution in [-0.4, -0.2) is 17.7 Å². The third-order valence-electron chi connectivity index (χ3n) is 1.99. The molecule has 0 aromatic carbocycles. The minimum Gasteiger partial charge on any atom is -0.352 e. The lowest BCUT2D eigenvalue weighted by Crippen LogP contribution is -2.29. The van der Waals surface area contributed by atoms with Gasteiger partial charge in [-0.1, -0.05) is 13.8 Å². The van der Waals surface area contributed by atoms with Gasteiger partial charge in [0.15, 0.2) is 0 Å². The Morgan fingerprint density at radius 1 is 1.80 bits per heavy atom. The van der Waals surface area contributed by atoms with Crippen LogP contribution in [0.2, 0.25) is 0 Å². The summed E-state index contributed by atoms with van der Waals surface area (Å²) in [6.07, 6.45) is 1.10. The van der Waals surface area contributed by atoms with E-state index in [1.807, 2.05) is 0 Å². The van der Waals surface area contributed by atoms with Gasteiger partial charge in [-0.05, 0) is 11.8 Å². The van der Waals surface area contributed by atoms with Crippen molar-refractivity contribution in [1.82, 2.24) is 5.32 Å². The molecule has 0 saturated heterocycles. The minimum atomic E-state index is 0.0407. The number of nitrogens with one attached hydrogen (secondary N) is 1. The van der Waals surface area contributed by atoms with Crippen LogP contribution < -0.4 is 5.32 Å². The summed E-state index contributed by atoms with van der Waals surface area (Å²) in [4.78, 5) is 10.8. The van der Waals surface area contributed by atoms with Crippen LogP contribution in [0.15, 0.2) is 0 Å². The SMILES string of the molecule is CC1(C)CC1NC(=O)CS. The fourth-order valence-corrected chi connectivity index (χ4v) is 1.04. The molecule has 2 nitrogen and oxygen atoms in total. The van der Waals surface area contributed by atoms with Crippen LogP contribution in [0.5, 0.6) is 0 Å². The first kappa shape index (κ1) is 7.92. The number of amides is 1. The van der Waals surface area contributed by atoms with E-state index < -0.39 is 0 Å². The summed E-state index contributed by atoms with van der Waals surface area (Å²) in [5, 5.41) is 2.88. The lowest BCUT2D eigenvalue weighted by atomic mass is 10.2. The van der Waals surface area contributed by atoms with E-state index in [9.17, 15) is 4.79 Å². The predicted molar refractivity (Wildman–Crippen MR) is 44.2 cm³/mol. The van der Waals surface area contributed by atoms with Crippen molar-refractivity contribution in [3.05, 3.63) is 0 Å². The normalized spacial score (nSPS) is 27.7. The van der Waals surface area contributed by atoms with E-state index in [0.29, 0.717) is 17.2 Å². The van der Waals surface area contributed by atoms with Gasteiger partial charge in [0.05, 0.1) is 5.75 Å². The zero-order valence-electron chi connectivity index (χ0n) is 6.35. The Kier molecular flexibility index (Phi) is 1.95. The summed E-state index contributed by atoms with van der Waals surface area (Å²) < 4.78 is 0. The zero-order valence-corrected chi connectivity index (χ0v) is 7.24. The van der Waals surface area contributed by atoms with Gasteiger partial charge in [0.25, 0.3) is 0 Å². The molecular weight excluding hydrogens is 146 g/mol. The molecule has 1 aliphatic rings. The monoisotopic (exact) mass is 159 g/mol. The topological polar surface area (TPSA) is 29.1 Å². The smallest absolute Gasteiger partial charge is 0.229 e. The Morgan fingerprint density at radius 3 is 2.60 bits per heavy atom. The summed E-state index contributed by atoms with van der Waals surface area (Å²) in [6.45, 7) is 4.30. The molecule has 0 spiro atoms. The van der Waals surface area contributed by atoms with Gasteiger partial charge >= 0.3 is 0 Å². The Morgan fingerprint density at radius 2 is 2.30 bits per heavy atom. The molecule has 0 aromatic heterocycles. The Balaban J connectivity index is 2.24. The number of hydrogen-bond donors (Lipinski definition) is 2. The quantitative estimate of drug-likeness (QED) is 0.574. The number of rotatable bonds is 2. The molecule has 10 heavy (non-hydrogen) atoms. The van der Waals surface area contributed by atoms with Gasteiger partial charge < -0.3 is 5.32 Å². The van der Waals surface area contributed by atoms with Crippen molar-refractivity contribution in [2.24, 2.45) is 5.41 Å². The van der Waals surface area contributed by atoms with Crippen molar-refractivity contribution < 1.29 is 4.79 Å². The lowest BCUT2D eigenvalue weighted by Gasteiger charge is -2.03. The molecule has 1 rings (SSSR count). The molecule has 1 fully saturated rings. The van der Waals surface area contributed by atoms with Gasteiger partial charge in [-0.3, -0.25) is 4.79 Å².